The van der Waals surface area contributed by atoms with Crippen LogP contribution in [-0.2, 0) is 4.79 Å². The largest absolute Gasteiger partial charge is 0.480 e. The van der Waals surface area contributed by atoms with Crippen LogP contribution in [0, 0.1) is 6.92 Å². The van der Waals surface area contributed by atoms with Crippen LogP contribution in [-0.4, -0.2) is 17.1 Å². The summed E-state index contributed by atoms with van der Waals surface area (Å²) in [6.07, 6.45) is 2.56. The maximum atomic E-state index is 11.1. The van der Waals surface area contributed by atoms with Crippen LogP contribution in [0.5, 0.6) is 0 Å². The van der Waals surface area contributed by atoms with E-state index in [0.29, 0.717) is 6.42 Å². The van der Waals surface area contributed by atoms with Crippen LogP contribution in [0.4, 0.5) is 5.69 Å². The fourth-order valence-electron chi connectivity index (χ4n) is 1.59. The quantitative estimate of drug-likeness (QED) is 0.840. The minimum atomic E-state index is -0.800. The molecule has 0 saturated heterocycles. The maximum Gasteiger partial charge on any atom is 0.326 e. The lowest BCUT2D eigenvalue weighted by Crippen LogP contribution is -2.29. The molecule has 0 bridgehead atoms. The molecular weight excluding hydrogens is 282 g/mol. The van der Waals surface area contributed by atoms with E-state index in [0.717, 1.165) is 28.6 Å². The van der Waals surface area contributed by atoms with E-state index < -0.39 is 12.0 Å². The van der Waals surface area contributed by atoms with Crippen molar-refractivity contribution in [2.75, 3.05) is 5.32 Å². The average molecular weight is 300 g/mol. The van der Waals surface area contributed by atoms with Crippen LogP contribution < -0.4 is 5.32 Å². The van der Waals surface area contributed by atoms with E-state index in [1.54, 1.807) is 0 Å². The van der Waals surface area contributed by atoms with Gasteiger partial charge in [-0.3, -0.25) is 0 Å². The Morgan fingerprint density at radius 1 is 1.53 bits per heavy atom. The first-order valence-corrected chi connectivity index (χ1v) is 6.59. The highest BCUT2D eigenvalue weighted by Gasteiger charge is 2.17. The normalized spacial score (nSPS) is 12.2. The zero-order valence-electron chi connectivity index (χ0n) is 10.2. The van der Waals surface area contributed by atoms with Crippen LogP contribution in [0.1, 0.15) is 31.7 Å². The summed E-state index contributed by atoms with van der Waals surface area (Å²) in [5, 5.41) is 12.2. The van der Waals surface area contributed by atoms with Crippen molar-refractivity contribution >= 4 is 27.6 Å². The fourth-order valence-corrected chi connectivity index (χ4v) is 2.20. The summed E-state index contributed by atoms with van der Waals surface area (Å²) in [5.41, 5.74) is 1.97. The molecular formula is C13H18BrNO2. The minimum Gasteiger partial charge on any atom is -0.480 e. The van der Waals surface area contributed by atoms with Gasteiger partial charge in [-0.25, -0.2) is 4.79 Å². The number of carboxylic acids is 1. The third kappa shape index (κ3) is 4.38. The molecule has 0 fully saturated rings. The van der Waals surface area contributed by atoms with Crippen LogP contribution in [0.15, 0.2) is 22.7 Å². The maximum absolute atomic E-state index is 11.1. The van der Waals surface area contributed by atoms with Gasteiger partial charge in [0.25, 0.3) is 0 Å². The lowest BCUT2D eigenvalue weighted by molar-refractivity contribution is -0.138. The highest BCUT2D eigenvalue weighted by Crippen LogP contribution is 2.24. The van der Waals surface area contributed by atoms with Gasteiger partial charge in [0.1, 0.15) is 6.04 Å². The van der Waals surface area contributed by atoms with Gasteiger partial charge in [0.2, 0.25) is 0 Å². The predicted octanol–water partition coefficient (Wildman–Crippen LogP) is 3.81. The van der Waals surface area contributed by atoms with Gasteiger partial charge in [0.05, 0.1) is 0 Å². The number of hydrogen-bond acceptors (Lipinski definition) is 2. The Kier molecular flexibility index (Phi) is 5.48. The molecule has 17 heavy (non-hydrogen) atoms. The number of halogens is 1. The Labute approximate surface area is 110 Å². The number of nitrogens with one attached hydrogen (secondary N) is 1. The monoisotopic (exact) mass is 299 g/mol. The number of aliphatic carboxylic acids is 1. The van der Waals surface area contributed by atoms with Gasteiger partial charge in [-0.2, -0.15) is 0 Å². The Morgan fingerprint density at radius 2 is 2.24 bits per heavy atom. The predicted molar refractivity (Wildman–Crippen MR) is 73.5 cm³/mol. The van der Waals surface area contributed by atoms with Gasteiger partial charge in [-0.1, -0.05) is 25.8 Å². The highest BCUT2D eigenvalue weighted by atomic mass is 79.9. The fraction of sp³-hybridized carbons (Fsp3) is 0.462. The second-order valence-corrected chi connectivity index (χ2v) is 5.02. The van der Waals surface area contributed by atoms with E-state index in [-0.39, 0.29) is 0 Å². The first kappa shape index (κ1) is 14.0. The van der Waals surface area contributed by atoms with Crippen molar-refractivity contribution in [3.8, 4) is 0 Å². The molecule has 3 nitrogen and oxygen atoms in total. The van der Waals surface area contributed by atoms with Gasteiger partial charge in [0, 0.05) is 10.2 Å². The molecule has 0 saturated carbocycles. The summed E-state index contributed by atoms with van der Waals surface area (Å²) in [4.78, 5) is 11.1. The smallest absolute Gasteiger partial charge is 0.326 e. The Hall–Kier alpha value is -1.03. The van der Waals surface area contributed by atoms with E-state index in [4.69, 9.17) is 5.11 Å². The molecule has 0 aliphatic carbocycles. The summed E-state index contributed by atoms with van der Waals surface area (Å²) < 4.78 is 0.903. The van der Waals surface area contributed by atoms with Crippen molar-refractivity contribution < 1.29 is 9.90 Å². The molecule has 0 heterocycles. The molecule has 0 aliphatic rings. The van der Waals surface area contributed by atoms with E-state index in [9.17, 15) is 4.79 Å². The van der Waals surface area contributed by atoms with Crippen molar-refractivity contribution in [3.05, 3.63) is 28.2 Å². The zero-order valence-corrected chi connectivity index (χ0v) is 11.8. The van der Waals surface area contributed by atoms with E-state index >= 15 is 0 Å². The van der Waals surface area contributed by atoms with Crippen molar-refractivity contribution in [1.82, 2.24) is 0 Å². The topological polar surface area (TPSA) is 49.3 Å². The zero-order chi connectivity index (χ0) is 12.8. The SMILES string of the molecule is CCCCC(Nc1ccc(C)cc1Br)C(=O)O. The van der Waals surface area contributed by atoms with E-state index in [2.05, 4.69) is 28.2 Å². The molecule has 0 aliphatic heterocycles. The highest BCUT2D eigenvalue weighted by molar-refractivity contribution is 9.10. The second kappa shape index (κ2) is 6.64. The molecule has 1 rings (SSSR count). The van der Waals surface area contributed by atoms with E-state index in [1.807, 2.05) is 25.1 Å². The molecule has 1 unspecified atom stereocenters. The number of benzene rings is 1. The molecule has 0 amide bonds. The lowest BCUT2D eigenvalue weighted by atomic mass is 10.1. The Morgan fingerprint density at radius 3 is 2.76 bits per heavy atom. The Bertz CT molecular complexity index is 393. The Balaban J connectivity index is 2.75. The lowest BCUT2D eigenvalue weighted by Gasteiger charge is -2.16. The number of anilines is 1. The van der Waals surface area contributed by atoms with E-state index in [1.165, 1.54) is 0 Å². The van der Waals surface area contributed by atoms with Gasteiger partial charge in [0.15, 0.2) is 0 Å². The number of carboxylic acid groups (broad SMARTS) is 1. The first-order chi connectivity index (χ1) is 8.04. The number of carbonyl (C=O) groups is 1. The van der Waals surface area contributed by atoms with Gasteiger partial charge >= 0.3 is 5.97 Å². The second-order valence-electron chi connectivity index (χ2n) is 4.16. The summed E-state index contributed by atoms with van der Waals surface area (Å²) >= 11 is 3.44. The van der Waals surface area contributed by atoms with Gasteiger partial charge < -0.3 is 10.4 Å². The molecule has 1 aromatic rings. The first-order valence-electron chi connectivity index (χ1n) is 5.80. The van der Waals surface area contributed by atoms with Crippen LogP contribution in [0.3, 0.4) is 0 Å². The summed E-state index contributed by atoms with van der Waals surface area (Å²) in [6, 6.07) is 5.32. The third-order valence-corrected chi connectivity index (χ3v) is 3.25. The molecule has 0 radical (unpaired) electrons. The summed E-state index contributed by atoms with van der Waals surface area (Å²) in [5.74, 6) is -0.800. The number of hydrogen-bond donors (Lipinski definition) is 2. The molecule has 1 aromatic carbocycles. The summed E-state index contributed by atoms with van der Waals surface area (Å²) in [7, 11) is 0. The molecule has 2 N–H and O–H groups in total. The molecule has 1 atom stereocenters. The molecule has 4 heteroatoms. The molecule has 0 spiro atoms. The number of rotatable bonds is 6. The molecule has 0 aromatic heterocycles. The standard InChI is InChI=1S/C13H18BrNO2/c1-3-4-5-12(13(16)17)15-11-7-6-9(2)8-10(11)14/h6-8,12,15H,3-5H2,1-2H3,(H,16,17). The van der Waals surface area contributed by atoms with Crippen molar-refractivity contribution in [2.24, 2.45) is 0 Å². The number of unbranched alkanes of at least 4 members (excludes halogenated alkanes) is 1. The minimum absolute atomic E-state index is 0.519. The van der Waals surface area contributed by atoms with Crippen molar-refractivity contribution in [1.29, 1.82) is 0 Å². The number of aryl methyl sites for hydroxylation is 1. The molecule has 94 valence electrons. The van der Waals surface area contributed by atoms with Gasteiger partial charge in [-0.15, -0.1) is 0 Å². The van der Waals surface area contributed by atoms with Crippen LogP contribution >= 0.6 is 15.9 Å². The van der Waals surface area contributed by atoms with Crippen molar-refractivity contribution in [2.45, 2.75) is 39.2 Å². The van der Waals surface area contributed by atoms with Crippen LogP contribution in [0.25, 0.3) is 0 Å². The van der Waals surface area contributed by atoms with Crippen LogP contribution in [0.2, 0.25) is 0 Å². The average Bonchev–Trinajstić information content (AvgIpc) is 2.26. The summed E-state index contributed by atoms with van der Waals surface area (Å²) in [6.45, 7) is 4.06. The van der Waals surface area contributed by atoms with Gasteiger partial charge in [-0.05, 0) is 47.0 Å². The third-order valence-electron chi connectivity index (χ3n) is 2.60. The van der Waals surface area contributed by atoms with Crippen molar-refractivity contribution in [3.63, 3.8) is 0 Å².